The summed E-state index contributed by atoms with van der Waals surface area (Å²) < 4.78 is 52.0. The van der Waals surface area contributed by atoms with Crippen molar-refractivity contribution in [1.82, 2.24) is 0 Å². The second-order valence-corrected chi connectivity index (χ2v) is 8.73. The zero-order valence-corrected chi connectivity index (χ0v) is 22.6. The Morgan fingerprint density at radius 2 is 1.57 bits per heavy atom. The Balaban J connectivity index is 2.07. The smallest absolute Gasteiger partial charge is 0.303 e. The SMILES string of the molecule is COc1cc(/C=C/c2ccc(F)cc2)c(O[C@@H]2O[C@H](COC(C)=O)[C@@H](O)[C@H](OC(C)=O)[C@H]2OC(C)=O)c(OC)c1. The van der Waals surface area contributed by atoms with Crippen molar-refractivity contribution >= 4 is 30.1 Å². The van der Waals surface area contributed by atoms with E-state index in [4.69, 9.17) is 33.2 Å². The van der Waals surface area contributed by atoms with Gasteiger partial charge in [0.2, 0.25) is 12.4 Å². The molecule has 0 bridgehead atoms. The van der Waals surface area contributed by atoms with Crippen LogP contribution >= 0.6 is 0 Å². The van der Waals surface area contributed by atoms with Gasteiger partial charge in [0.15, 0.2) is 17.6 Å². The first-order chi connectivity index (χ1) is 19.0. The predicted octanol–water partition coefficient (Wildman–Crippen LogP) is 2.90. The Morgan fingerprint density at radius 3 is 2.15 bits per heavy atom. The Morgan fingerprint density at radius 1 is 0.925 bits per heavy atom. The maximum absolute atomic E-state index is 13.4. The van der Waals surface area contributed by atoms with Gasteiger partial charge in [0.25, 0.3) is 0 Å². The molecular formula is C28H31FO11. The summed E-state index contributed by atoms with van der Waals surface area (Å²) in [5.74, 6) is -1.80. The quantitative estimate of drug-likeness (QED) is 0.260. The Hall–Kier alpha value is -4.16. The molecule has 0 aromatic heterocycles. The van der Waals surface area contributed by atoms with E-state index in [1.54, 1.807) is 36.4 Å². The van der Waals surface area contributed by atoms with Crippen molar-refractivity contribution in [3.05, 3.63) is 53.3 Å². The first-order valence-electron chi connectivity index (χ1n) is 12.2. The van der Waals surface area contributed by atoms with E-state index in [9.17, 15) is 23.9 Å². The average Bonchev–Trinajstić information content (AvgIpc) is 2.90. The van der Waals surface area contributed by atoms with E-state index in [-0.39, 0.29) is 17.3 Å². The topological polar surface area (TPSA) is 136 Å². The van der Waals surface area contributed by atoms with E-state index >= 15 is 0 Å². The molecule has 0 unspecified atom stereocenters. The number of aliphatic hydroxyl groups excluding tert-OH is 1. The number of carbonyl (C=O) groups is 3. The lowest BCUT2D eigenvalue weighted by Crippen LogP contribution is -2.62. The number of carbonyl (C=O) groups excluding carboxylic acids is 3. The Bertz CT molecular complexity index is 1230. The largest absolute Gasteiger partial charge is 0.497 e. The molecule has 12 heteroatoms. The van der Waals surface area contributed by atoms with Crippen LogP contribution in [0.1, 0.15) is 31.9 Å². The molecule has 3 rings (SSSR count). The van der Waals surface area contributed by atoms with Gasteiger partial charge in [-0.2, -0.15) is 0 Å². The first kappa shape index (κ1) is 30.4. The fourth-order valence-corrected chi connectivity index (χ4v) is 3.96. The molecule has 1 fully saturated rings. The van der Waals surface area contributed by atoms with Crippen molar-refractivity contribution in [1.29, 1.82) is 0 Å². The number of hydrogen-bond acceptors (Lipinski definition) is 11. The van der Waals surface area contributed by atoms with Crippen LogP contribution in [0.25, 0.3) is 12.2 Å². The van der Waals surface area contributed by atoms with Gasteiger partial charge in [-0.15, -0.1) is 0 Å². The van der Waals surface area contributed by atoms with E-state index in [1.165, 1.54) is 33.3 Å². The second-order valence-electron chi connectivity index (χ2n) is 8.73. The van der Waals surface area contributed by atoms with Crippen LogP contribution in [0.5, 0.6) is 17.2 Å². The van der Waals surface area contributed by atoms with Gasteiger partial charge in [-0.05, 0) is 23.8 Å². The monoisotopic (exact) mass is 562 g/mol. The van der Waals surface area contributed by atoms with Crippen LogP contribution < -0.4 is 14.2 Å². The number of methoxy groups -OCH3 is 2. The normalized spacial score (nSPS) is 22.3. The van der Waals surface area contributed by atoms with Gasteiger partial charge in [0.05, 0.1) is 14.2 Å². The molecule has 1 heterocycles. The van der Waals surface area contributed by atoms with Crippen LogP contribution in [0.4, 0.5) is 4.39 Å². The second kappa shape index (κ2) is 13.8. The molecule has 1 aliphatic heterocycles. The molecule has 0 spiro atoms. The van der Waals surface area contributed by atoms with Gasteiger partial charge in [-0.1, -0.05) is 24.3 Å². The summed E-state index contributed by atoms with van der Waals surface area (Å²) in [5, 5.41) is 10.9. The zero-order chi connectivity index (χ0) is 29.4. The van der Waals surface area contributed by atoms with Gasteiger partial charge in [0.1, 0.15) is 30.4 Å². The lowest BCUT2D eigenvalue weighted by atomic mass is 9.98. The van der Waals surface area contributed by atoms with Gasteiger partial charge in [0, 0.05) is 32.4 Å². The minimum atomic E-state index is -1.54. The summed E-state index contributed by atoms with van der Waals surface area (Å²) in [5.41, 5.74) is 1.11. The van der Waals surface area contributed by atoms with Crippen molar-refractivity contribution < 1.29 is 57.0 Å². The Kier molecular flexibility index (Phi) is 10.5. The summed E-state index contributed by atoms with van der Waals surface area (Å²) in [4.78, 5) is 35.3. The van der Waals surface area contributed by atoms with E-state index in [1.807, 2.05) is 0 Å². The molecule has 1 saturated heterocycles. The minimum absolute atomic E-state index is 0.119. The van der Waals surface area contributed by atoms with Gasteiger partial charge in [-0.25, -0.2) is 4.39 Å². The highest BCUT2D eigenvalue weighted by Crippen LogP contribution is 2.39. The number of hydrogen-bond donors (Lipinski definition) is 1. The number of ether oxygens (including phenoxy) is 7. The molecule has 1 N–H and O–H groups in total. The summed E-state index contributed by atoms with van der Waals surface area (Å²) in [6.07, 6.45) is -3.71. The van der Waals surface area contributed by atoms with E-state index < -0.39 is 55.2 Å². The third-order valence-electron chi connectivity index (χ3n) is 5.75. The molecule has 1 aliphatic rings. The van der Waals surface area contributed by atoms with E-state index in [0.717, 1.165) is 13.8 Å². The third kappa shape index (κ3) is 7.93. The van der Waals surface area contributed by atoms with Crippen molar-refractivity contribution in [2.24, 2.45) is 0 Å². The molecule has 0 aliphatic carbocycles. The highest BCUT2D eigenvalue weighted by molar-refractivity contribution is 5.75. The third-order valence-corrected chi connectivity index (χ3v) is 5.75. The van der Waals surface area contributed by atoms with Crippen LogP contribution in [0.15, 0.2) is 36.4 Å². The van der Waals surface area contributed by atoms with Crippen molar-refractivity contribution in [3.63, 3.8) is 0 Å². The molecule has 216 valence electrons. The lowest BCUT2D eigenvalue weighted by Gasteiger charge is -2.42. The molecular weight excluding hydrogens is 531 g/mol. The summed E-state index contributed by atoms with van der Waals surface area (Å²) in [6, 6.07) is 8.96. The molecule has 0 amide bonds. The number of esters is 3. The number of rotatable bonds is 10. The van der Waals surface area contributed by atoms with Crippen LogP contribution in [0.3, 0.4) is 0 Å². The fourth-order valence-electron chi connectivity index (χ4n) is 3.96. The van der Waals surface area contributed by atoms with Crippen LogP contribution in [-0.4, -0.2) is 74.5 Å². The van der Waals surface area contributed by atoms with Crippen LogP contribution in [0, 0.1) is 5.82 Å². The molecule has 0 saturated carbocycles. The van der Waals surface area contributed by atoms with E-state index in [2.05, 4.69) is 0 Å². The molecule has 11 nitrogen and oxygen atoms in total. The number of aliphatic hydroxyl groups is 1. The van der Waals surface area contributed by atoms with Gasteiger partial charge in [-0.3, -0.25) is 14.4 Å². The highest BCUT2D eigenvalue weighted by atomic mass is 19.1. The maximum atomic E-state index is 13.4. The fraction of sp³-hybridized carbons (Fsp3) is 0.393. The first-order valence-corrected chi connectivity index (χ1v) is 12.2. The summed E-state index contributed by atoms with van der Waals surface area (Å²) >= 11 is 0. The van der Waals surface area contributed by atoms with Gasteiger partial charge >= 0.3 is 17.9 Å². The Labute approximate surface area is 230 Å². The maximum Gasteiger partial charge on any atom is 0.303 e. The summed E-state index contributed by atoms with van der Waals surface area (Å²) in [7, 11) is 2.86. The molecule has 5 atom stereocenters. The summed E-state index contributed by atoms with van der Waals surface area (Å²) in [6.45, 7) is 3.02. The number of benzene rings is 2. The van der Waals surface area contributed by atoms with Crippen LogP contribution in [-0.2, 0) is 33.3 Å². The van der Waals surface area contributed by atoms with E-state index in [0.29, 0.717) is 16.9 Å². The minimum Gasteiger partial charge on any atom is -0.497 e. The molecule has 40 heavy (non-hydrogen) atoms. The standard InChI is InChI=1S/C28H31FO11/c1-15(30)36-14-23-24(33)26(37-16(2)31)27(38-17(3)32)28(39-23)40-25-19(12-21(34-4)13-22(25)35-5)9-6-18-7-10-20(29)11-8-18/h6-13,23-24,26-28,33H,14H2,1-5H3/b9-6+/t23-,24-,26+,27-,28+/m1/s1. The molecule has 0 radical (unpaired) electrons. The predicted molar refractivity (Wildman–Crippen MR) is 138 cm³/mol. The zero-order valence-electron chi connectivity index (χ0n) is 22.6. The molecule has 2 aromatic rings. The van der Waals surface area contributed by atoms with Crippen LogP contribution in [0.2, 0.25) is 0 Å². The molecule has 2 aromatic carbocycles. The average molecular weight is 563 g/mol. The lowest BCUT2D eigenvalue weighted by molar-refractivity contribution is -0.286. The highest BCUT2D eigenvalue weighted by Gasteiger charge is 2.51. The number of halogens is 1. The van der Waals surface area contributed by atoms with Crippen molar-refractivity contribution in [2.75, 3.05) is 20.8 Å². The van der Waals surface area contributed by atoms with Gasteiger partial charge < -0.3 is 38.3 Å². The van der Waals surface area contributed by atoms with Crippen molar-refractivity contribution in [2.45, 2.75) is 51.5 Å². The van der Waals surface area contributed by atoms with Crippen molar-refractivity contribution in [3.8, 4) is 17.2 Å².